The number of halogens is 1. The van der Waals surface area contributed by atoms with E-state index < -0.39 is 0 Å². The van der Waals surface area contributed by atoms with Crippen molar-refractivity contribution in [2.24, 2.45) is 0 Å². The molecule has 0 N–H and O–H groups in total. The quantitative estimate of drug-likeness (QED) is 0.566. The first-order chi connectivity index (χ1) is 2.81. The molecule has 6 heavy (non-hydrogen) atoms. The Morgan fingerprint density at radius 2 is 2.50 bits per heavy atom. The van der Waals surface area contributed by atoms with Crippen molar-refractivity contribution in [2.45, 2.75) is 6.92 Å². The van der Waals surface area contributed by atoms with Crippen LogP contribution >= 0.6 is 28.6 Å². The van der Waals surface area contributed by atoms with Gasteiger partial charge in [-0.15, -0.1) is 0 Å². The van der Waals surface area contributed by atoms with Crippen LogP contribution in [0.5, 0.6) is 0 Å². The molecule has 0 saturated heterocycles. The molecule has 0 aliphatic rings. The fraction of sp³-hybridized carbons (Fsp3) is 0.250. The van der Waals surface area contributed by atoms with E-state index in [4.69, 9.17) is 0 Å². The van der Waals surface area contributed by atoms with Gasteiger partial charge in [0.25, 0.3) is 0 Å². The van der Waals surface area contributed by atoms with Crippen LogP contribution in [0.2, 0.25) is 0 Å². The predicted octanol–water partition coefficient (Wildman–Crippen LogP) is 2.25. The Morgan fingerprint density at radius 3 is 2.50 bits per heavy atom. The van der Waals surface area contributed by atoms with E-state index in [1.807, 2.05) is 6.92 Å². The molecule has 0 amide bonds. The van der Waals surface area contributed by atoms with Crippen LogP contribution in [-0.2, 0) is 0 Å². The first-order valence-corrected chi connectivity index (χ1v) is 2.80. The largest absolute Gasteiger partial charge is 0.151 e. The van der Waals surface area contributed by atoms with Crippen LogP contribution in [0.15, 0.2) is 9.89 Å². The second-order valence-electron chi connectivity index (χ2n) is 0.727. The van der Waals surface area contributed by atoms with Gasteiger partial charge in [0.2, 0.25) is 0 Å². The van der Waals surface area contributed by atoms with Gasteiger partial charge in [0.05, 0.1) is 0 Å². The van der Waals surface area contributed by atoms with Gasteiger partial charge in [-0.05, 0) is 5.41 Å². The minimum absolute atomic E-state index is 0.894. The molecule has 0 aliphatic heterocycles. The lowest BCUT2D eigenvalue weighted by atomic mass is 10.5. The smallest absolute Gasteiger partial charge is 0.0213 e. The molecule has 0 nitrogen and oxygen atoms in total. The summed E-state index contributed by atoms with van der Waals surface area (Å²) in [6, 6.07) is 0. The molecule has 0 aromatic heterocycles. The molecule has 0 fully saturated rings. The van der Waals surface area contributed by atoms with Gasteiger partial charge >= 0.3 is 0 Å². The Hall–Kier alpha value is 0.570. The SMILES string of the molecule is C[C]/C(Br)=C\S. The highest BCUT2D eigenvalue weighted by Gasteiger charge is 1.78. The molecule has 0 aromatic rings. The van der Waals surface area contributed by atoms with Crippen molar-refractivity contribution in [3.8, 4) is 0 Å². The second kappa shape index (κ2) is 3.75. The third kappa shape index (κ3) is 2.79. The normalized spacial score (nSPS) is 12.2. The van der Waals surface area contributed by atoms with Crippen LogP contribution in [0.4, 0.5) is 0 Å². The summed E-state index contributed by atoms with van der Waals surface area (Å²) in [5.74, 6) is 0. The molecule has 0 spiro atoms. The average molecular weight is 165 g/mol. The van der Waals surface area contributed by atoms with Crippen LogP contribution in [0.3, 0.4) is 0 Å². The molecule has 2 heteroatoms. The van der Waals surface area contributed by atoms with Gasteiger partial charge in [-0.3, -0.25) is 0 Å². The molecule has 0 bridgehead atoms. The number of rotatable bonds is 1. The number of hydrogen-bond acceptors (Lipinski definition) is 1. The van der Waals surface area contributed by atoms with Gasteiger partial charge in [0.15, 0.2) is 0 Å². The Morgan fingerprint density at radius 1 is 2.00 bits per heavy atom. The Balaban J connectivity index is 3.22. The van der Waals surface area contributed by atoms with Crippen LogP contribution < -0.4 is 0 Å². The summed E-state index contributed by atoms with van der Waals surface area (Å²) < 4.78 is 0.894. The van der Waals surface area contributed by atoms with Crippen LogP contribution in [-0.4, -0.2) is 0 Å². The van der Waals surface area contributed by atoms with Gasteiger partial charge in [-0.1, -0.05) is 22.9 Å². The fourth-order valence-electron chi connectivity index (χ4n) is 0.0645. The Kier molecular flexibility index (Phi) is 4.11. The summed E-state index contributed by atoms with van der Waals surface area (Å²) in [6.45, 7) is 1.82. The summed E-state index contributed by atoms with van der Waals surface area (Å²) in [4.78, 5) is 0. The van der Waals surface area contributed by atoms with Crippen molar-refractivity contribution in [1.29, 1.82) is 0 Å². The van der Waals surface area contributed by atoms with Gasteiger partial charge in [0, 0.05) is 10.9 Å². The highest BCUT2D eigenvalue weighted by atomic mass is 79.9. The summed E-state index contributed by atoms with van der Waals surface area (Å²) in [5.41, 5.74) is 0. The van der Waals surface area contributed by atoms with Crippen LogP contribution in [0.1, 0.15) is 6.92 Å². The Labute approximate surface area is 52.2 Å². The lowest BCUT2D eigenvalue weighted by Gasteiger charge is -1.80. The molecule has 0 aromatic carbocycles. The van der Waals surface area contributed by atoms with Crippen molar-refractivity contribution in [3.63, 3.8) is 0 Å². The molecular formula is C4H5BrS. The number of hydrogen-bond donors (Lipinski definition) is 1. The van der Waals surface area contributed by atoms with E-state index in [1.165, 1.54) is 0 Å². The van der Waals surface area contributed by atoms with Crippen LogP contribution in [0, 0.1) is 6.42 Å². The Bertz CT molecular complexity index is 58.6. The number of allylic oxidation sites excluding steroid dienone is 1. The average Bonchev–Trinajstić information content (AvgIpc) is 1.65. The fourth-order valence-corrected chi connectivity index (χ4v) is 0.194. The summed E-state index contributed by atoms with van der Waals surface area (Å²) >= 11 is 6.97. The monoisotopic (exact) mass is 164 g/mol. The molecule has 34 valence electrons. The van der Waals surface area contributed by atoms with Crippen molar-refractivity contribution < 1.29 is 0 Å². The summed E-state index contributed by atoms with van der Waals surface area (Å²) in [6.07, 6.45) is 2.82. The molecule has 0 unspecified atom stereocenters. The van der Waals surface area contributed by atoms with Gasteiger partial charge in [0.1, 0.15) is 0 Å². The van der Waals surface area contributed by atoms with E-state index in [0.717, 1.165) is 4.48 Å². The zero-order chi connectivity index (χ0) is 4.99. The minimum Gasteiger partial charge on any atom is -0.151 e. The maximum atomic E-state index is 3.82. The lowest BCUT2D eigenvalue weighted by molar-refractivity contribution is 1.55. The summed E-state index contributed by atoms with van der Waals surface area (Å²) in [7, 11) is 0. The van der Waals surface area contributed by atoms with Crippen molar-refractivity contribution >= 4 is 28.6 Å². The third-order valence-corrected chi connectivity index (χ3v) is 1.59. The minimum atomic E-state index is 0.894. The predicted molar refractivity (Wildman–Crippen MR) is 34.9 cm³/mol. The molecular weight excluding hydrogens is 160 g/mol. The van der Waals surface area contributed by atoms with Crippen molar-refractivity contribution in [3.05, 3.63) is 16.3 Å². The summed E-state index contributed by atoms with van der Waals surface area (Å²) in [5, 5.41) is 1.64. The van der Waals surface area contributed by atoms with Gasteiger partial charge in [-0.25, -0.2) is 0 Å². The molecule has 2 radical (unpaired) electrons. The van der Waals surface area contributed by atoms with Gasteiger partial charge in [-0.2, -0.15) is 12.6 Å². The zero-order valence-corrected chi connectivity index (χ0v) is 5.88. The molecule has 0 atom stereocenters. The van der Waals surface area contributed by atoms with E-state index in [2.05, 4.69) is 35.0 Å². The first-order valence-electron chi connectivity index (χ1n) is 1.49. The highest BCUT2D eigenvalue weighted by Crippen LogP contribution is 2.07. The zero-order valence-electron chi connectivity index (χ0n) is 3.40. The molecule has 0 saturated carbocycles. The van der Waals surface area contributed by atoms with E-state index in [9.17, 15) is 0 Å². The standard InChI is InChI=1S/C4H5BrS/c1-2-4(5)3-6/h3,6H,1H3/b4-3+. The van der Waals surface area contributed by atoms with Crippen molar-refractivity contribution in [1.82, 2.24) is 0 Å². The van der Waals surface area contributed by atoms with Gasteiger partial charge < -0.3 is 0 Å². The molecule has 0 aliphatic carbocycles. The van der Waals surface area contributed by atoms with E-state index in [0.29, 0.717) is 0 Å². The highest BCUT2D eigenvalue weighted by molar-refractivity contribution is 9.11. The third-order valence-electron chi connectivity index (χ3n) is 0.352. The maximum Gasteiger partial charge on any atom is 0.0213 e. The maximum absolute atomic E-state index is 3.82. The van der Waals surface area contributed by atoms with E-state index >= 15 is 0 Å². The van der Waals surface area contributed by atoms with Crippen molar-refractivity contribution in [2.75, 3.05) is 0 Å². The first kappa shape index (κ1) is 6.57. The molecule has 0 heterocycles. The van der Waals surface area contributed by atoms with E-state index in [1.54, 1.807) is 5.41 Å². The second-order valence-corrected chi connectivity index (χ2v) is 1.84. The number of thiol groups is 1. The molecule has 0 rings (SSSR count). The van der Waals surface area contributed by atoms with E-state index in [-0.39, 0.29) is 0 Å². The lowest BCUT2D eigenvalue weighted by Crippen LogP contribution is -1.58. The topological polar surface area (TPSA) is 0 Å². The van der Waals surface area contributed by atoms with Crippen LogP contribution in [0.25, 0.3) is 0 Å².